The number of methoxy groups -OCH3 is 1. The van der Waals surface area contributed by atoms with Gasteiger partial charge in [0.1, 0.15) is 12.1 Å². The normalized spacial score (nSPS) is 10.4. The number of aromatic nitrogens is 2. The summed E-state index contributed by atoms with van der Waals surface area (Å²) in [7, 11) is 1.42. The van der Waals surface area contributed by atoms with Crippen molar-refractivity contribution in [2.24, 2.45) is 0 Å². The van der Waals surface area contributed by atoms with Gasteiger partial charge in [0.25, 0.3) is 5.88 Å². The molecule has 1 heterocycles. The lowest BCUT2D eigenvalue weighted by Crippen LogP contribution is -1.96. The van der Waals surface area contributed by atoms with Gasteiger partial charge in [-0.3, -0.25) is 0 Å². The summed E-state index contributed by atoms with van der Waals surface area (Å²) in [6.45, 7) is 0. The number of halogens is 4. The molecule has 19 heavy (non-hydrogen) atoms. The van der Waals surface area contributed by atoms with Crippen molar-refractivity contribution in [3.63, 3.8) is 0 Å². The van der Waals surface area contributed by atoms with Crippen LogP contribution in [0.25, 0.3) is 0 Å². The summed E-state index contributed by atoms with van der Waals surface area (Å²) < 4.78 is 10.6. The lowest BCUT2D eigenvalue weighted by atomic mass is 10.3. The van der Waals surface area contributed by atoms with Crippen LogP contribution in [0.3, 0.4) is 0 Å². The molecule has 0 spiro atoms. The molecule has 1 aromatic carbocycles. The smallest absolute Gasteiger partial charge is 0.267 e. The second kappa shape index (κ2) is 6.01. The summed E-state index contributed by atoms with van der Waals surface area (Å²) in [6, 6.07) is 2.94. The zero-order chi connectivity index (χ0) is 14.0. The van der Waals surface area contributed by atoms with Crippen LogP contribution in [0.2, 0.25) is 20.2 Å². The zero-order valence-electron chi connectivity index (χ0n) is 9.45. The topological polar surface area (TPSA) is 44.2 Å². The van der Waals surface area contributed by atoms with E-state index in [4.69, 9.17) is 55.9 Å². The number of ether oxygens (including phenoxy) is 2. The molecule has 1 aromatic heterocycles. The number of benzene rings is 1. The van der Waals surface area contributed by atoms with Gasteiger partial charge in [0, 0.05) is 6.07 Å². The molecule has 0 saturated carbocycles. The van der Waals surface area contributed by atoms with Crippen molar-refractivity contribution >= 4 is 46.4 Å². The molecule has 0 saturated heterocycles. The summed E-state index contributed by atoms with van der Waals surface area (Å²) >= 11 is 23.6. The van der Waals surface area contributed by atoms with E-state index >= 15 is 0 Å². The van der Waals surface area contributed by atoms with Crippen LogP contribution in [0.5, 0.6) is 17.4 Å². The molecule has 2 rings (SSSR count). The molecule has 0 unspecified atom stereocenters. The monoisotopic (exact) mass is 338 g/mol. The maximum atomic E-state index is 6.00. The summed E-state index contributed by atoms with van der Waals surface area (Å²) in [6.07, 6.45) is 1.24. The number of nitrogens with zero attached hydrogens (tertiary/aromatic N) is 2. The number of hydrogen-bond acceptors (Lipinski definition) is 4. The van der Waals surface area contributed by atoms with Gasteiger partial charge in [-0.25, -0.2) is 4.98 Å². The highest BCUT2D eigenvalue weighted by molar-refractivity contribution is 6.43. The molecular formula is C11H6Cl4N2O2. The second-order valence-electron chi connectivity index (χ2n) is 3.30. The highest BCUT2D eigenvalue weighted by Crippen LogP contribution is 2.39. The molecule has 0 atom stereocenters. The molecular weight excluding hydrogens is 334 g/mol. The minimum absolute atomic E-state index is 0.128. The van der Waals surface area contributed by atoms with E-state index in [1.54, 1.807) is 0 Å². The van der Waals surface area contributed by atoms with E-state index in [9.17, 15) is 0 Å². The van der Waals surface area contributed by atoms with Crippen LogP contribution in [-0.4, -0.2) is 17.1 Å². The van der Waals surface area contributed by atoms with E-state index in [-0.39, 0.29) is 27.6 Å². The fourth-order valence-corrected chi connectivity index (χ4v) is 2.05. The van der Waals surface area contributed by atoms with E-state index in [0.717, 1.165) is 0 Å². The van der Waals surface area contributed by atoms with Gasteiger partial charge in [-0.05, 0) is 6.07 Å². The Labute approximate surface area is 129 Å². The Kier molecular flexibility index (Phi) is 4.58. The number of hydrogen-bond donors (Lipinski definition) is 0. The summed E-state index contributed by atoms with van der Waals surface area (Å²) in [5.41, 5.74) is 0. The van der Waals surface area contributed by atoms with Crippen LogP contribution >= 0.6 is 46.4 Å². The summed E-state index contributed by atoms with van der Waals surface area (Å²) in [5, 5.41) is 1.04. The molecule has 0 aliphatic heterocycles. The van der Waals surface area contributed by atoms with E-state index in [1.165, 1.54) is 25.6 Å². The minimum atomic E-state index is 0.128. The SMILES string of the molecule is COc1c(Cl)ncnc1Oc1cc(Cl)c(Cl)cc1Cl. The maximum Gasteiger partial charge on any atom is 0.267 e. The predicted molar refractivity (Wildman–Crippen MR) is 75.1 cm³/mol. The van der Waals surface area contributed by atoms with Crippen molar-refractivity contribution in [3.05, 3.63) is 38.7 Å². The van der Waals surface area contributed by atoms with Gasteiger partial charge in [-0.1, -0.05) is 46.4 Å². The number of rotatable bonds is 3. The van der Waals surface area contributed by atoms with Crippen molar-refractivity contribution in [2.75, 3.05) is 7.11 Å². The molecule has 0 fully saturated rings. The molecule has 0 aliphatic rings. The van der Waals surface area contributed by atoms with Crippen molar-refractivity contribution < 1.29 is 9.47 Å². The van der Waals surface area contributed by atoms with E-state index in [2.05, 4.69) is 9.97 Å². The maximum absolute atomic E-state index is 6.00. The van der Waals surface area contributed by atoms with Crippen molar-refractivity contribution in [1.82, 2.24) is 9.97 Å². The first kappa shape index (κ1) is 14.5. The molecule has 0 radical (unpaired) electrons. The van der Waals surface area contributed by atoms with Gasteiger partial charge in [0.2, 0.25) is 5.75 Å². The van der Waals surface area contributed by atoms with Gasteiger partial charge < -0.3 is 9.47 Å². The van der Waals surface area contributed by atoms with Crippen LogP contribution < -0.4 is 9.47 Å². The van der Waals surface area contributed by atoms with Gasteiger partial charge >= 0.3 is 0 Å². The Hall–Kier alpha value is -0.940. The molecule has 0 N–H and O–H groups in total. The fourth-order valence-electron chi connectivity index (χ4n) is 1.27. The van der Waals surface area contributed by atoms with E-state index < -0.39 is 0 Å². The van der Waals surface area contributed by atoms with Crippen LogP contribution in [0, 0.1) is 0 Å². The quantitative estimate of drug-likeness (QED) is 0.589. The first-order valence-electron chi connectivity index (χ1n) is 4.89. The first-order valence-corrected chi connectivity index (χ1v) is 6.41. The average molecular weight is 340 g/mol. The standard InChI is InChI=1S/C11H6Cl4N2O2/c1-18-9-10(15)16-4-17-11(9)19-8-3-6(13)5(12)2-7(8)14/h2-4H,1H3. The molecule has 0 bridgehead atoms. The molecule has 0 aliphatic carbocycles. The summed E-state index contributed by atoms with van der Waals surface area (Å²) in [4.78, 5) is 7.70. The Morgan fingerprint density at radius 3 is 2.32 bits per heavy atom. The third-order valence-electron chi connectivity index (χ3n) is 2.11. The molecule has 0 amide bonds. The van der Waals surface area contributed by atoms with Crippen LogP contribution in [0.4, 0.5) is 0 Å². The van der Waals surface area contributed by atoms with Crippen molar-refractivity contribution in [2.45, 2.75) is 0 Å². The molecule has 100 valence electrons. The Morgan fingerprint density at radius 2 is 1.63 bits per heavy atom. The predicted octanol–water partition coefficient (Wildman–Crippen LogP) is 4.89. The lowest BCUT2D eigenvalue weighted by Gasteiger charge is -2.11. The zero-order valence-corrected chi connectivity index (χ0v) is 12.5. The van der Waals surface area contributed by atoms with Gasteiger partial charge in [-0.2, -0.15) is 4.98 Å². The Bertz CT molecular complexity index is 622. The average Bonchev–Trinajstić information content (AvgIpc) is 2.36. The fraction of sp³-hybridized carbons (Fsp3) is 0.0909. The first-order chi connectivity index (χ1) is 9.02. The van der Waals surface area contributed by atoms with Crippen LogP contribution in [0.1, 0.15) is 0 Å². The third-order valence-corrected chi connectivity index (χ3v) is 3.40. The van der Waals surface area contributed by atoms with Gasteiger partial charge in [-0.15, -0.1) is 0 Å². The van der Waals surface area contributed by atoms with Crippen molar-refractivity contribution in [3.8, 4) is 17.4 Å². The molecule has 2 aromatic rings. The van der Waals surface area contributed by atoms with E-state index in [1.807, 2.05) is 0 Å². The minimum Gasteiger partial charge on any atom is -0.489 e. The van der Waals surface area contributed by atoms with Crippen LogP contribution in [-0.2, 0) is 0 Å². The Morgan fingerprint density at radius 1 is 0.947 bits per heavy atom. The third kappa shape index (κ3) is 3.15. The largest absolute Gasteiger partial charge is 0.489 e. The van der Waals surface area contributed by atoms with Gasteiger partial charge in [0.15, 0.2) is 5.15 Å². The van der Waals surface area contributed by atoms with Crippen LogP contribution in [0.15, 0.2) is 18.5 Å². The van der Waals surface area contributed by atoms with Crippen molar-refractivity contribution in [1.29, 1.82) is 0 Å². The molecule has 4 nitrogen and oxygen atoms in total. The lowest BCUT2D eigenvalue weighted by molar-refractivity contribution is 0.367. The highest BCUT2D eigenvalue weighted by Gasteiger charge is 2.15. The summed E-state index contributed by atoms with van der Waals surface area (Å²) in [5.74, 6) is 0.609. The second-order valence-corrected chi connectivity index (χ2v) is 4.88. The van der Waals surface area contributed by atoms with E-state index in [0.29, 0.717) is 10.0 Å². The van der Waals surface area contributed by atoms with Gasteiger partial charge in [0.05, 0.1) is 22.2 Å². The molecule has 8 heteroatoms. The Balaban J connectivity index is 2.42. The highest BCUT2D eigenvalue weighted by atomic mass is 35.5.